The fraction of sp³-hybridized carbons (Fsp3) is 0.379. The summed E-state index contributed by atoms with van der Waals surface area (Å²) in [4.78, 5) is 51.3. The van der Waals surface area contributed by atoms with Crippen LogP contribution in [0.1, 0.15) is 49.4 Å². The van der Waals surface area contributed by atoms with Crippen LogP contribution in [0.5, 0.6) is 0 Å². The number of fused-ring (bicyclic) bond motifs is 2. The van der Waals surface area contributed by atoms with Gasteiger partial charge in [0.05, 0.1) is 11.8 Å². The van der Waals surface area contributed by atoms with Crippen molar-refractivity contribution in [2.45, 2.75) is 34.1 Å². The second-order valence-corrected chi connectivity index (χ2v) is 9.70. The lowest BCUT2D eigenvalue weighted by molar-refractivity contribution is -0.160. The number of carbonyl (C=O) groups excluding carboxylic acids is 4. The zero-order valence-corrected chi connectivity index (χ0v) is 20.5. The van der Waals surface area contributed by atoms with E-state index in [1.165, 1.54) is 0 Å². The number of hydrogen-bond donors (Lipinski definition) is 0. The van der Waals surface area contributed by atoms with E-state index < -0.39 is 23.8 Å². The second-order valence-electron chi connectivity index (χ2n) is 9.70. The zero-order valence-electron chi connectivity index (χ0n) is 20.5. The Morgan fingerprint density at radius 3 is 1.49 bits per heavy atom. The standard InChI is InChI=1S/C29H30O6/c1-16-5-7-18(3)22(11-16)24(30)14-34-28(32)26-20-9-10-21(13-20)27(26)29(33)35-15-25(31)23-12-17(2)6-8-19(23)4/h5-12,20-21,26-27H,13-15H2,1-4H3. The van der Waals surface area contributed by atoms with E-state index in [-0.39, 0.29) is 36.6 Å². The third kappa shape index (κ3) is 5.11. The first-order chi connectivity index (χ1) is 16.7. The number of allylic oxidation sites excluding steroid dienone is 2. The Balaban J connectivity index is 1.40. The monoisotopic (exact) mass is 474 g/mol. The van der Waals surface area contributed by atoms with Gasteiger partial charge in [-0.05, 0) is 69.2 Å². The highest BCUT2D eigenvalue weighted by atomic mass is 16.5. The molecule has 4 rings (SSSR count). The van der Waals surface area contributed by atoms with Crippen LogP contribution in [0.2, 0.25) is 0 Å². The Kier molecular flexibility index (Phi) is 7.01. The number of aryl methyl sites for hydroxylation is 4. The van der Waals surface area contributed by atoms with Gasteiger partial charge in [0, 0.05) is 11.1 Å². The van der Waals surface area contributed by atoms with Gasteiger partial charge in [-0.3, -0.25) is 19.2 Å². The lowest BCUT2D eigenvalue weighted by Crippen LogP contribution is -2.36. The van der Waals surface area contributed by atoms with Gasteiger partial charge in [-0.25, -0.2) is 0 Å². The minimum atomic E-state index is -0.722. The SMILES string of the molecule is Cc1ccc(C)c(C(=O)COC(=O)C2C3C=CC(C3)C2C(=O)OCC(=O)c2cc(C)ccc2C)c1. The minimum Gasteiger partial charge on any atom is -0.457 e. The molecule has 2 aliphatic rings. The minimum absolute atomic E-state index is 0.143. The van der Waals surface area contributed by atoms with Crippen LogP contribution < -0.4 is 0 Å². The molecular formula is C29H30O6. The van der Waals surface area contributed by atoms with Crippen LogP contribution in [-0.2, 0) is 19.1 Å². The van der Waals surface area contributed by atoms with Crippen LogP contribution in [0, 0.1) is 51.4 Å². The Morgan fingerprint density at radius 1 is 0.686 bits per heavy atom. The Bertz CT molecular complexity index is 1130. The average molecular weight is 475 g/mol. The molecule has 0 spiro atoms. The molecule has 4 unspecified atom stereocenters. The molecule has 6 nitrogen and oxygen atoms in total. The van der Waals surface area contributed by atoms with Gasteiger partial charge >= 0.3 is 11.9 Å². The van der Waals surface area contributed by atoms with Gasteiger partial charge in [0.1, 0.15) is 0 Å². The molecule has 2 bridgehead atoms. The van der Waals surface area contributed by atoms with Crippen LogP contribution in [0.15, 0.2) is 48.6 Å². The van der Waals surface area contributed by atoms with Gasteiger partial charge in [-0.15, -0.1) is 0 Å². The van der Waals surface area contributed by atoms with Crippen molar-refractivity contribution in [1.82, 2.24) is 0 Å². The Morgan fingerprint density at radius 2 is 1.09 bits per heavy atom. The predicted octanol–water partition coefficient (Wildman–Crippen LogP) is 4.51. The van der Waals surface area contributed by atoms with E-state index in [4.69, 9.17) is 9.47 Å². The topological polar surface area (TPSA) is 86.7 Å². The number of ether oxygens (including phenoxy) is 2. The fourth-order valence-corrected chi connectivity index (χ4v) is 5.16. The molecule has 0 aliphatic heterocycles. The third-order valence-corrected chi connectivity index (χ3v) is 7.08. The van der Waals surface area contributed by atoms with Gasteiger partial charge in [0.25, 0.3) is 0 Å². The molecule has 6 heteroatoms. The van der Waals surface area contributed by atoms with Crippen molar-refractivity contribution in [2.75, 3.05) is 13.2 Å². The molecule has 182 valence electrons. The summed E-state index contributed by atoms with van der Waals surface area (Å²) < 4.78 is 10.8. The quantitative estimate of drug-likeness (QED) is 0.318. The van der Waals surface area contributed by atoms with E-state index in [2.05, 4.69) is 0 Å². The molecule has 0 N–H and O–H groups in total. The molecule has 0 radical (unpaired) electrons. The van der Waals surface area contributed by atoms with E-state index in [1.54, 1.807) is 12.1 Å². The summed E-state index contributed by atoms with van der Waals surface area (Å²) in [5.41, 5.74) is 4.56. The van der Waals surface area contributed by atoms with Crippen molar-refractivity contribution in [1.29, 1.82) is 0 Å². The van der Waals surface area contributed by atoms with E-state index in [9.17, 15) is 19.2 Å². The van der Waals surface area contributed by atoms with E-state index >= 15 is 0 Å². The Hall–Kier alpha value is -3.54. The molecule has 2 aromatic rings. The highest BCUT2D eigenvalue weighted by Crippen LogP contribution is 2.49. The summed E-state index contributed by atoms with van der Waals surface area (Å²) in [5.74, 6) is -3.45. The summed E-state index contributed by atoms with van der Waals surface area (Å²) in [7, 11) is 0. The maximum atomic E-state index is 13.0. The fourth-order valence-electron chi connectivity index (χ4n) is 5.16. The maximum absolute atomic E-state index is 13.0. The van der Waals surface area contributed by atoms with Gasteiger partial charge in [0.15, 0.2) is 13.2 Å². The number of hydrogen-bond acceptors (Lipinski definition) is 6. The highest BCUT2D eigenvalue weighted by molar-refractivity contribution is 6.00. The summed E-state index contributed by atoms with van der Waals surface area (Å²) in [5, 5.41) is 0. The van der Waals surface area contributed by atoms with Crippen LogP contribution in [0.25, 0.3) is 0 Å². The molecule has 2 aliphatic carbocycles. The average Bonchev–Trinajstić information content (AvgIpc) is 3.45. The zero-order chi connectivity index (χ0) is 25.3. The summed E-state index contributed by atoms with van der Waals surface area (Å²) >= 11 is 0. The Labute approximate surface area is 205 Å². The van der Waals surface area contributed by atoms with Crippen LogP contribution in [-0.4, -0.2) is 36.7 Å². The molecule has 0 saturated heterocycles. The van der Waals surface area contributed by atoms with Crippen molar-refractivity contribution in [2.24, 2.45) is 23.7 Å². The highest BCUT2D eigenvalue weighted by Gasteiger charge is 2.53. The number of benzene rings is 2. The molecule has 2 aromatic carbocycles. The molecule has 0 amide bonds. The van der Waals surface area contributed by atoms with Crippen LogP contribution in [0.3, 0.4) is 0 Å². The molecular weight excluding hydrogens is 444 g/mol. The summed E-state index contributed by atoms with van der Waals surface area (Å²) in [6.07, 6.45) is 4.50. The van der Waals surface area contributed by atoms with E-state index in [0.29, 0.717) is 17.5 Å². The molecule has 1 fully saturated rings. The molecule has 1 saturated carbocycles. The van der Waals surface area contributed by atoms with Crippen molar-refractivity contribution < 1.29 is 28.7 Å². The maximum Gasteiger partial charge on any atom is 0.310 e. The molecule has 4 atom stereocenters. The van der Waals surface area contributed by atoms with Crippen molar-refractivity contribution in [3.63, 3.8) is 0 Å². The molecule has 0 heterocycles. The second kappa shape index (κ2) is 9.98. The molecule has 35 heavy (non-hydrogen) atoms. The van der Waals surface area contributed by atoms with E-state index in [1.807, 2.05) is 64.1 Å². The van der Waals surface area contributed by atoms with Gasteiger partial charge < -0.3 is 9.47 Å². The van der Waals surface area contributed by atoms with E-state index in [0.717, 1.165) is 22.3 Å². The van der Waals surface area contributed by atoms with Crippen LogP contribution >= 0.6 is 0 Å². The van der Waals surface area contributed by atoms with Crippen LogP contribution in [0.4, 0.5) is 0 Å². The predicted molar refractivity (Wildman–Crippen MR) is 130 cm³/mol. The smallest absolute Gasteiger partial charge is 0.310 e. The van der Waals surface area contributed by atoms with Gasteiger partial charge in [0.2, 0.25) is 11.6 Å². The lowest BCUT2D eigenvalue weighted by atomic mass is 9.83. The van der Waals surface area contributed by atoms with Gasteiger partial charge in [-0.2, -0.15) is 0 Å². The first kappa shape index (κ1) is 24.6. The van der Waals surface area contributed by atoms with Crippen molar-refractivity contribution >= 4 is 23.5 Å². The number of Topliss-reactive ketones (excluding diaryl/α,β-unsaturated/α-hetero) is 2. The lowest BCUT2D eigenvalue weighted by Gasteiger charge is -2.24. The largest absolute Gasteiger partial charge is 0.457 e. The number of esters is 2. The number of carbonyl (C=O) groups is 4. The summed E-state index contributed by atoms with van der Waals surface area (Å²) in [6, 6.07) is 11.1. The first-order valence-electron chi connectivity index (χ1n) is 11.9. The summed E-state index contributed by atoms with van der Waals surface area (Å²) in [6.45, 7) is 6.69. The van der Waals surface area contributed by atoms with Crippen molar-refractivity contribution in [3.8, 4) is 0 Å². The number of ketones is 2. The third-order valence-electron chi connectivity index (χ3n) is 7.08. The van der Waals surface area contributed by atoms with Gasteiger partial charge in [-0.1, -0.05) is 47.5 Å². The van der Waals surface area contributed by atoms with Crippen molar-refractivity contribution in [3.05, 3.63) is 81.9 Å². The first-order valence-corrected chi connectivity index (χ1v) is 11.9. The molecule has 0 aromatic heterocycles. The number of rotatable bonds is 8. The normalized spacial score (nSPS) is 22.2.